The van der Waals surface area contributed by atoms with Crippen molar-refractivity contribution in [1.29, 1.82) is 0 Å². The zero-order valence-electron chi connectivity index (χ0n) is 10.8. The van der Waals surface area contributed by atoms with E-state index in [1.807, 2.05) is 30.3 Å². The van der Waals surface area contributed by atoms with Gasteiger partial charge in [0, 0.05) is 22.2 Å². The number of ether oxygens (including phenoxy) is 1. The van der Waals surface area contributed by atoms with Crippen LogP contribution in [-0.2, 0) is 0 Å². The number of nitrogens with one attached hydrogen (secondary N) is 1. The molecule has 98 valence electrons. The molecule has 0 atom stereocenters. The normalized spacial score (nSPS) is 11.4. The summed E-state index contributed by atoms with van der Waals surface area (Å²) in [7, 11) is 1.64. The number of aromatic nitrogens is 1. The fraction of sp³-hybridized carbons (Fsp3) is 0.0625. The second-order valence-electron chi connectivity index (χ2n) is 4.71. The molecule has 4 heteroatoms. The number of fused-ring (bicyclic) bond motifs is 5. The smallest absolute Gasteiger partial charge is 0.153 e. The van der Waals surface area contributed by atoms with Crippen LogP contribution in [0, 0.1) is 0 Å². The molecule has 0 saturated carbocycles. The Morgan fingerprint density at radius 3 is 2.85 bits per heavy atom. The summed E-state index contributed by atoms with van der Waals surface area (Å²) in [5.74, 6) is 0.795. The fourth-order valence-corrected chi connectivity index (χ4v) is 2.73. The quantitative estimate of drug-likeness (QED) is 0.559. The Morgan fingerprint density at radius 1 is 1.15 bits per heavy atom. The van der Waals surface area contributed by atoms with Crippen LogP contribution in [0.25, 0.3) is 32.8 Å². The van der Waals surface area contributed by atoms with E-state index in [4.69, 9.17) is 9.15 Å². The zero-order valence-corrected chi connectivity index (χ0v) is 10.8. The molecule has 0 saturated heterocycles. The number of rotatable bonds is 2. The molecule has 0 bridgehead atoms. The van der Waals surface area contributed by atoms with Gasteiger partial charge in [-0.1, -0.05) is 0 Å². The predicted octanol–water partition coefficient (Wildman–Crippen LogP) is 3.89. The van der Waals surface area contributed by atoms with Gasteiger partial charge in [-0.3, -0.25) is 4.79 Å². The molecule has 0 aliphatic rings. The molecular formula is C16H11NO3. The number of carbonyl (C=O) groups excluding carboxylic acids is 1. The fourth-order valence-electron chi connectivity index (χ4n) is 2.73. The minimum atomic E-state index is 0.564. The van der Waals surface area contributed by atoms with Gasteiger partial charge < -0.3 is 14.1 Å². The van der Waals surface area contributed by atoms with Crippen molar-refractivity contribution in [3.05, 3.63) is 42.2 Å². The summed E-state index contributed by atoms with van der Waals surface area (Å²) >= 11 is 0. The van der Waals surface area contributed by atoms with Crippen LogP contribution in [0.3, 0.4) is 0 Å². The first-order chi connectivity index (χ1) is 9.81. The van der Waals surface area contributed by atoms with Crippen LogP contribution < -0.4 is 4.74 Å². The number of benzene rings is 2. The average Bonchev–Trinajstić information content (AvgIpc) is 3.09. The maximum absolute atomic E-state index is 11.2. The SMILES string of the molecule is COc1ccc2c(c1)[nH]c1c3ccoc3c(C=O)cc21. The third-order valence-electron chi connectivity index (χ3n) is 3.67. The van der Waals surface area contributed by atoms with Gasteiger partial charge in [0.05, 0.1) is 30.0 Å². The van der Waals surface area contributed by atoms with Crippen LogP contribution >= 0.6 is 0 Å². The Bertz CT molecular complexity index is 962. The number of aldehydes is 1. The highest BCUT2D eigenvalue weighted by atomic mass is 16.5. The molecule has 4 rings (SSSR count). The molecular weight excluding hydrogens is 254 g/mol. The van der Waals surface area contributed by atoms with E-state index in [1.165, 1.54) is 0 Å². The number of carbonyl (C=O) groups is 1. The number of H-pyrrole nitrogens is 1. The van der Waals surface area contributed by atoms with Gasteiger partial charge in [-0.15, -0.1) is 0 Å². The van der Waals surface area contributed by atoms with E-state index in [0.29, 0.717) is 11.1 Å². The molecule has 1 N–H and O–H groups in total. The largest absolute Gasteiger partial charge is 0.497 e. The van der Waals surface area contributed by atoms with E-state index in [1.54, 1.807) is 13.4 Å². The number of furan rings is 1. The van der Waals surface area contributed by atoms with Crippen LogP contribution in [0.2, 0.25) is 0 Å². The van der Waals surface area contributed by atoms with Gasteiger partial charge in [-0.25, -0.2) is 0 Å². The van der Waals surface area contributed by atoms with Crippen LogP contribution in [0.1, 0.15) is 10.4 Å². The van der Waals surface area contributed by atoms with E-state index in [0.717, 1.165) is 39.2 Å². The van der Waals surface area contributed by atoms with Crippen LogP contribution in [0.15, 0.2) is 41.0 Å². The zero-order chi connectivity index (χ0) is 13.7. The van der Waals surface area contributed by atoms with E-state index in [2.05, 4.69) is 4.98 Å². The topological polar surface area (TPSA) is 55.2 Å². The molecule has 2 aromatic carbocycles. The van der Waals surface area contributed by atoms with Crippen molar-refractivity contribution in [3.8, 4) is 5.75 Å². The van der Waals surface area contributed by atoms with Gasteiger partial charge in [-0.05, 0) is 24.3 Å². The lowest BCUT2D eigenvalue weighted by Gasteiger charge is -1.98. The summed E-state index contributed by atoms with van der Waals surface area (Å²) in [6, 6.07) is 9.59. The lowest BCUT2D eigenvalue weighted by molar-refractivity contribution is 0.112. The van der Waals surface area contributed by atoms with E-state index >= 15 is 0 Å². The van der Waals surface area contributed by atoms with Gasteiger partial charge in [0.2, 0.25) is 0 Å². The molecule has 0 spiro atoms. The Balaban J connectivity index is 2.23. The monoisotopic (exact) mass is 265 g/mol. The molecule has 0 aliphatic heterocycles. The minimum Gasteiger partial charge on any atom is -0.497 e. The Morgan fingerprint density at radius 2 is 2.05 bits per heavy atom. The van der Waals surface area contributed by atoms with Crippen molar-refractivity contribution in [2.75, 3.05) is 7.11 Å². The summed E-state index contributed by atoms with van der Waals surface area (Å²) in [6.45, 7) is 0. The molecule has 4 nitrogen and oxygen atoms in total. The maximum Gasteiger partial charge on any atom is 0.153 e. The summed E-state index contributed by atoms with van der Waals surface area (Å²) in [5.41, 5.74) is 3.13. The van der Waals surface area contributed by atoms with Crippen LogP contribution in [0.4, 0.5) is 0 Å². The molecule has 2 heterocycles. The number of aromatic amines is 1. The van der Waals surface area contributed by atoms with Gasteiger partial charge in [0.1, 0.15) is 11.3 Å². The minimum absolute atomic E-state index is 0.564. The summed E-state index contributed by atoms with van der Waals surface area (Å²) in [5, 5.41) is 2.99. The highest BCUT2D eigenvalue weighted by Crippen LogP contribution is 2.34. The second kappa shape index (κ2) is 3.87. The summed E-state index contributed by atoms with van der Waals surface area (Å²) in [4.78, 5) is 14.6. The molecule has 0 aliphatic carbocycles. The van der Waals surface area contributed by atoms with Crippen molar-refractivity contribution in [3.63, 3.8) is 0 Å². The van der Waals surface area contributed by atoms with E-state index < -0.39 is 0 Å². The number of hydrogen-bond acceptors (Lipinski definition) is 3. The molecule has 0 fully saturated rings. The lowest BCUT2D eigenvalue weighted by atomic mass is 10.1. The van der Waals surface area contributed by atoms with Crippen LogP contribution in [0.5, 0.6) is 5.75 Å². The summed E-state index contributed by atoms with van der Waals surface area (Å²) < 4.78 is 10.7. The van der Waals surface area contributed by atoms with Gasteiger partial charge in [-0.2, -0.15) is 0 Å². The van der Waals surface area contributed by atoms with Gasteiger partial charge in [0.25, 0.3) is 0 Å². The average molecular weight is 265 g/mol. The Kier molecular flexibility index (Phi) is 2.15. The highest BCUT2D eigenvalue weighted by molar-refractivity contribution is 6.19. The molecule has 0 radical (unpaired) electrons. The van der Waals surface area contributed by atoms with Crippen molar-refractivity contribution in [2.24, 2.45) is 0 Å². The van der Waals surface area contributed by atoms with Crippen molar-refractivity contribution < 1.29 is 13.9 Å². The Labute approximate surface area is 113 Å². The summed E-state index contributed by atoms with van der Waals surface area (Å²) in [6.07, 6.45) is 2.43. The first-order valence-electron chi connectivity index (χ1n) is 6.26. The second-order valence-corrected chi connectivity index (χ2v) is 4.71. The van der Waals surface area contributed by atoms with Crippen molar-refractivity contribution in [2.45, 2.75) is 0 Å². The molecule has 20 heavy (non-hydrogen) atoms. The third kappa shape index (κ3) is 1.33. The standard InChI is InChI=1S/C16H11NO3/c1-19-10-2-3-11-13-6-9(8-18)16-12(4-5-20-16)15(13)17-14(11)7-10/h2-8,17H,1H3. The van der Waals surface area contributed by atoms with E-state index in [-0.39, 0.29) is 0 Å². The van der Waals surface area contributed by atoms with Crippen molar-refractivity contribution in [1.82, 2.24) is 4.98 Å². The number of methoxy groups -OCH3 is 1. The van der Waals surface area contributed by atoms with E-state index in [9.17, 15) is 4.79 Å². The maximum atomic E-state index is 11.2. The molecule has 0 amide bonds. The van der Waals surface area contributed by atoms with Crippen LogP contribution in [-0.4, -0.2) is 18.4 Å². The number of hydrogen-bond donors (Lipinski definition) is 1. The first-order valence-corrected chi connectivity index (χ1v) is 6.26. The van der Waals surface area contributed by atoms with Crippen molar-refractivity contribution >= 4 is 39.1 Å². The molecule has 4 aromatic rings. The molecule has 0 unspecified atom stereocenters. The van der Waals surface area contributed by atoms with Gasteiger partial charge >= 0.3 is 0 Å². The molecule has 2 aromatic heterocycles. The predicted molar refractivity (Wildman–Crippen MR) is 77.5 cm³/mol. The Hall–Kier alpha value is -2.75. The van der Waals surface area contributed by atoms with Gasteiger partial charge in [0.15, 0.2) is 6.29 Å². The lowest BCUT2D eigenvalue weighted by Crippen LogP contribution is -1.81. The first kappa shape index (κ1) is 11.1. The third-order valence-corrected chi connectivity index (χ3v) is 3.67. The highest BCUT2D eigenvalue weighted by Gasteiger charge is 2.13.